The van der Waals surface area contributed by atoms with Crippen LogP contribution in [0.15, 0.2) is 0 Å². The highest BCUT2D eigenvalue weighted by Crippen LogP contribution is 2.21. The van der Waals surface area contributed by atoms with Crippen LogP contribution in [0.2, 0.25) is 0 Å². The fourth-order valence-electron chi connectivity index (χ4n) is 1.51. The predicted molar refractivity (Wildman–Crippen MR) is 50.3 cm³/mol. The minimum atomic E-state index is -1.37. The van der Waals surface area contributed by atoms with E-state index in [0.717, 1.165) is 0 Å². The Kier molecular flexibility index (Phi) is 4.63. The molecule has 16 heavy (non-hydrogen) atoms. The lowest BCUT2D eigenvalue weighted by Crippen LogP contribution is -2.59. The molecular formula is C9H16O7. The van der Waals surface area contributed by atoms with E-state index >= 15 is 0 Å². The summed E-state index contributed by atoms with van der Waals surface area (Å²) in [5.74, 6) is -0.534. The molecule has 5 unspecified atom stereocenters. The maximum atomic E-state index is 10.6. The lowest BCUT2D eigenvalue weighted by Gasteiger charge is -2.39. The van der Waals surface area contributed by atoms with E-state index in [9.17, 15) is 20.1 Å². The van der Waals surface area contributed by atoms with Gasteiger partial charge in [0.2, 0.25) is 0 Å². The molecule has 1 rings (SSSR count). The van der Waals surface area contributed by atoms with E-state index in [1.54, 1.807) is 0 Å². The molecule has 0 amide bonds. The van der Waals surface area contributed by atoms with Crippen molar-refractivity contribution in [2.45, 2.75) is 37.6 Å². The lowest BCUT2D eigenvalue weighted by molar-refractivity contribution is -0.292. The second-order valence-electron chi connectivity index (χ2n) is 3.55. The second-order valence-corrected chi connectivity index (χ2v) is 3.55. The van der Waals surface area contributed by atoms with Crippen molar-refractivity contribution in [1.29, 1.82) is 0 Å². The summed E-state index contributed by atoms with van der Waals surface area (Å²) in [6.45, 7) is 0.973. The molecule has 94 valence electrons. The van der Waals surface area contributed by atoms with Crippen LogP contribution in [0, 0.1) is 0 Å². The van der Waals surface area contributed by atoms with Crippen LogP contribution in [0.25, 0.3) is 0 Å². The van der Waals surface area contributed by atoms with Gasteiger partial charge in [0.15, 0.2) is 6.29 Å². The Morgan fingerprint density at radius 1 is 1.31 bits per heavy atom. The van der Waals surface area contributed by atoms with Gasteiger partial charge in [-0.05, 0) is 0 Å². The van der Waals surface area contributed by atoms with Crippen LogP contribution in [-0.4, -0.2) is 65.7 Å². The number of rotatable bonds is 3. The van der Waals surface area contributed by atoms with Crippen molar-refractivity contribution in [2.75, 3.05) is 13.7 Å². The van der Waals surface area contributed by atoms with Crippen molar-refractivity contribution in [2.24, 2.45) is 0 Å². The van der Waals surface area contributed by atoms with Gasteiger partial charge in [0.1, 0.15) is 31.0 Å². The smallest absolute Gasteiger partial charge is 0.302 e. The summed E-state index contributed by atoms with van der Waals surface area (Å²) in [6, 6.07) is 0. The molecule has 7 heteroatoms. The number of esters is 1. The van der Waals surface area contributed by atoms with Gasteiger partial charge >= 0.3 is 5.97 Å². The summed E-state index contributed by atoms with van der Waals surface area (Å²) in [4.78, 5) is 10.6. The number of ether oxygens (including phenoxy) is 3. The van der Waals surface area contributed by atoms with Crippen LogP contribution < -0.4 is 0 Å². The Bertz CT molecular complexity index is 244. The van der Waals surface area contributed by atoms with Crippen LogP contribution >= 0.6 is 0 Å². The molecular weight excluding hydrogens is 220 g/mol. The first kappa shape index (κ1) is 13.3. The molecule has 0 saturated carbocycles. The van der Waals surface area contributed by atoms with Crippen molar-refractivity contribution in [3.05, 3.63) is 0 Å². The molecule has 0 aromatic carbocycles. The van der Waals surface area contributed by atoms with Gasteiger partial charge in [-0.2, -0.15) is 0 Å². The molecule has 1 aliphatic rings. The molecule has 3 N–H and O–H groups in total. The maximum Gasteiger partial charge on any atom is 0.302 e. The van der Waals surface area contributed by atoms with E-state index in [2.05, 4.69) is 4.74 Å². The van der Waals surface area contributed by atoms with Crippen LogP contribution in [0.4, 0.5) is 0 Å². The van der Waals surface area contributed by atoms with Crippen LogP contribution in [0.5, 0.6) is 0 Å². The van der Waals surface area contributed by atoms with Gasteiger partial charge in [0, 0.05) is 14.0 Å². The van der Waals surface area contributed by atoms with Crippen molar-refractivity contribution in [1.82, 2.24) is 0 Å². The van der Waals surface area contributed by atoms with Crippen molar-refractivity contribution >= 4 is 5.97 Å². The van der Waals surface area contributed by atoms with Crippen molar-refractivity contribution in [3.63, 3.8) is 0 Å². The molecule has 0 aromatic rings. The molecule has 1 heterocycles. The lowest BCUT2D eigenvalue weighted by atomic mass is 9.99. The largest absolute Gasteiger partial charge is 0.463 e. The fourth-order valence-corrected chi connectivity index (χ4v) is 1.51. The molecule has 0 bridgehead atoms. The van der Waals surface area contributed by atoms with Crippen LogP contribution in [0.1, 0.15) is 6.92 Å². The highest BCUT2D eigenvalue weighted by Gasteiger charge is 2.44. The molecule has 1 aliphatic heterocycles. The highest BCUT2D eigenvalue weighted by molar-refractivity contribution is 5.65. The topological polar surface area (TPSA) is 105 Å². The summed E-state index contributed by atoms with van der Waals surface area (Å²) in [5, 5.41) is 28.6. The zero-order chi connectivity index (χ0) is 12.3. The first-order valence-electron chi connectivity index (χ1n) is 4.83. The van der Waals surface area contributed by atoms with Gasteiger partial charge in [-0.25, -0.2) is 0 Å². The van der Waals surface area contributed by atoms with E-state index in [1.165, 1.54) is 14.0 Å². The summed E-state index contributed by atoms with van der Waals surface area (Å²) >= 11 is 0. The molecule has 1 fully saturated rings. The number of methoxy groups -OCH3 is 1. The van der Waals surface area contributed by atoms with Crippen molar-refractivity contribution in [3.8, 4) is 0 Å². The molecule has 0 aliphatic carbocycles. The van der Waals surface area contributed by atoms with Gasteiger partial charge in [0.25, 0.3) is 0 Å². The Hall–Kier alpha value is -0.730. The molecule has 0 aromatic heterocycles. The van der Waals surface area contributed by atoms with Crippen molar-refractivity contribution < 1.29 is 34.3 Å². The average molecular weight is 236 g/mol. The molecule has 5 atom stereocenters. The summed E-state index contributed by atoms with van der Waals surface area (Å²) in [5.41, 5.74) is 0. The third-order valence-electron chi connectivity index (χ3n) is 2.39. The van der Waals surface area contributed by atoms with Crippen LogP contribution in [-0.2, 0) is 19.0 Å². The molecule has 0 radical (unpaired) electrons. The average Bonchev–Trinajstić information content (AvgIpc) is 2.22. The summed E-state index contributed by atoms with van der Waals surface area (Å²) in [7, 11) is 1.28. The van der Waals surface area contributed by atoms with E-state index < -0.39 is 36.7 Å². The fraction of sp³-hybridized carbons (Fsp3) is 0.889. The van der Waals surface area contributed by atoms with E-state index in [4.69, 9.17) is 9.47 Å². The first-order valence-corrected chi connectivity index (χ1v) is 4.83. The Balaban J connectivity index is 2.58. The number of aliphatic hydroxyl groups excluding tert-OH is 3. The minimum absolute atomic E-state index is 0.235. The minimum Gasteiger partial charge on any atom is -0.463 e. The molecule has 7 nitrogen and oxygen atoms in total. The Morgan fingerprint density at radius 2 is 1.94 bits per heavy atom. The Morgan fingerprint density at radius 3 is 2.44 bits per heavy atom. The highest BCUT2D eigenvalue weighted by atomic mass is 16.7. The molecule has 1 saturated heterocycles. The standard InChI is InChI=1S/C9H16O7/c1-4(10)15-3-5-6(11)7(12)8(14-2)9(13)16-5/h5-9,11-13H,3H2,1-2H3. The normalized spacial score (nSPS) is 39.4. The number of hydrogen-bond donors (Lipinski definition) is 3. The number of carbonyl (C=O) groups excluding carboxylic acids is 1. The summed E-state index contributed by atoms with van der Waals surface area (Å²) in [6.07, 6.45) is -5.95. The maximum absolute atomic E-state index is 10.6. The van der Waals surface area contributed by atoms with E-state index in [0.29, 0.717) is 0 Å². The van der Waals surface area contributed by atoms with Gasteiger partial charge < -0.3 is 29.5 Å². The van der Waals surface area contributed by atoms with Crippen LogP contribution in [0.3, 0.4) is 0 Å². The van der Waals surface area contributed by atoms with Gasteiger partial charge in [-0.3, -0.25) is 4.79 Å². The number of carbonyl (C=O) groups is 1. The first-order chi connectivity index (χ1) is 7.47. The molecule has 0 spiro atoms. The van der Waals surface area contributed by atoms with E-state index in [-0.39, 0.29) is 6.61 Å². The summed E-state index contributed by atoms with van der Waals surface area (Å²) < 4.78 is 14.4. The SMILES string of the molecule is COC1C(O)OC(COC(C)=O)C(O)C1O. The number of hydrogen-bond acceptors (Lipinski definition) is 7. The number of aliphatic hydroxyl groups is 3. The monoisotopic (exact) mass is 236 g/mol. The Labute approximate surface area is 92.5 Å². The van der Waals surface area contributed by atoms with Gasteiger partial charge in [0.05, 0.1) is 0 Å². The van der Waals surface area contributed by atoms with Gasteiger partial charge in [-0.15, -0.1) is 0 Å². The van der Waals surface area contributed by atoms with E-state index in [1.807, 2.05) is 0 Å². The third-order valence-corrected chi connectivity index (χ3v) is 2.39. The zero-order valence-corrected chi connectivity index (χ0v) is 9.07. The second kappa shape index (κ2) is 5.55. The van der Waals surface area contributed by atoms with Gasteiger partial charge in [-0.1, -0.05) is 0 Å². The third kappa shape index (κ3) is 2.89. The zero-order valence-electron chi connectivity index (χ0n) is 9.07. The predicted octanol–water partition coefficient (Wildman–Crippen LogP) is -2.00. The quantitative estimate of drug-likeness (QED) is 0.487.